The summed E-state index contributed by atoms with van der Waals surface area (Å²) in [5.41, 5.74) is 1.51. The first-order chi connectivity index (χ1) is 11.6. The van der Waals surface area contributed by atoms with E-state index < -0.39 is 5.97 Å². The number of rotatable bonds is 8. The Morgan fingerprint density at radius 3 is 2.54 bits per heavy atom. The number of carbonyl (C=O) groups is 1. The molecule has 0 fully saturated rings. The highest BCUT2D eigenvalue weighted by molar-refractivity contribution is 6.03. The van der Waals surface area contributed by atoms with Gasteiger partial charge in [-0.2, -0.15) is 0 Å². The number of carbonyl (C=O) groups excluding carboxylic acids is 1. The monoisotopic (exact) mass is 331 g/mol. The van der Waals surface area contributed by atoms with Gasteiger partial charge in [0.2, 0.25) is 0 Å². The maximum absolute atomic E-state index is 11.9. The van der Waals surface area contributed by atoms with Crippen LogP contribution in [0, 0.1) is 0 Å². The van der Waals surface area contributed by atoms with Gasteiger partial charge in [0, 0.05) is 17.7 Å². The molecule has 0 saturated carbocycles. The zero-order valence-electron chi connectivity index (χ0n) is 14.5. The van der Waals surface area contributed by atoms with Crippen LogP contribution in [0.4, 0.5) is 0 Å². The Bertz CT molecular complexity index is 652. The Kier molecular flexibility index (Phi) is 6.44. The predicted molar refractivity (Wildman–Crippen MR) is 94.0 cm³/mol. The Morgan fingerprint density at radius 1 is 1.17 bits per heavy atom. The number of hydrogen-bond donors (Lipinski definition) is 1. The molecule has 5 nitrogen and oxygen atoms in total. The van der Waals surface area contributed by atoms with E-state index in [0.29, 0.717) is 23.5 Å². The molecule has 0 saturated heterocycles. The van der Waals surface area contributed by atoms with Gasteiger partial charge in [0.1, 0.15) is 17.1 Å². The van der Waals surface area contributed by atoms with Gasteiger partial charge >= 0.3 is 5.97 Å². The van der Waals surface area contributed by atoms with E-state index in [0.717, 1.165) is 26.1 Å². The Hall–Kier alpha value is -2.27. The Morgan fingerprint density at radius 2 is 1.88 bits per heavy atom. The molecule has 130 valence electrons. The van der Waals surface area contributed by atoms with Gasteiger partial charge in [0.05, 0.1) is 13.7 Å². The van der Waals surface area contributed by atoms with Crippen LogP contribution in [0.25, 0.3) is 11.1 Å². The molecule has 2 rings (SSSR count). The highest BCUT2D eigenvalue weighted by Gasteiger charge is 2.24. The van der Waals surface area contributed by atoms with Crippen LogP contribution in [0.5, 0.6) is 11.5 Å². The van der Waals surface area contributed by atoms with Crippen molar-refractivity contribution in [1.29, 1.82) is 0 Å². The molecule has 0 unspecified atom stereocenters. The SMILES string of the molecule is CCN(CC)CCCOc1ccccc2c(C(=O)OC)c(O)cc1-2. The fraction of sp³-hybridized carbons (Fsp3) is 0.421. The summed E-state index contributed by atoms with van der Waals surface area (Å²) in [6, 6.07) is 8.86. The molecule has 0 spiro atoms. The standard InChI is InChI=1S/C19H25NO4/c1-4-20(5-2)11-8-12-24-17-10-7-6-9-14-15(17)13-16(21)18(14)19(22)23-3/h6-7,9-10,13,21H,4-5,8,11-12H2,1-3H3. The highest BCUT2D eigenvalue weighted by atomic mass is 16.5. The summed E-state index contributed by atoms with van der Waals surface area (Å²) >= 11 is 0. The summed E-state index contributed by atoms with van der Waals surface area (Å²) in [6.45, 7) is 7.91. The largest absolute Gasteiger partial charge is 0.507 e. The maximum atomic E-state index is 11.9. The van der Waals surface area contributed by atoms with Crippen LogP contribution in [0.2, 0.25) is 0 Å². The Labute approximate surface area is 143 Å². The van der Waals surface area contributed by atoms with Crippen molar-refractivity contribution in [3.63, 3.8) is 0 Å². The third kappa shape index (κ3) is 3.97. The van der Waals surface area contributed by atoms with E-state index in [-0.39, 0.29) is 11.3 Å². The third-order valence-electron chi connectivity index (χ3n) is 4.14. The van der Waals surface area contributed by atoms with Gasteiger partial charge in [0.15, 0.2) is 0 Å². The van der Waals surface area contributed by atoms with Gasteiger partial charge in [-0.1, -0.05) is 32.0 Å². The second kappa shape index (κ2) is 8.55. The van der Waals surface area contributed by atoms with Crippen molar-refractivity contribution in [3.05, 3.63) is 35.9 Å². The molecule has 0 bridgehead atoms. The lowest BCUT2D eigenvalue weighted by Crippen LogP contribution is -2.25. The van der Waals surface area contributed by atoms with Gasteiger partial charge in [0.25, 0.3) is 0 Å². The minimum Gasteiger partial charge on any atom is -0.507 e. The molecule has 5 heteroatoms. The maximum Gasteiger partial charge on any atom is 0.342 e. The van der Waals surface area contributed by atoms with Crippen molar-refractivity contribution < 1.29 is 19.4 Å². The molecule has 0 aliphatic heterocycles. The van der Waals surface area contributed by atoms with Gasteiger partial charge in [-0.05, 0) is 31.6 Å². The number of nitrogens with zero attached hydrogens (tertiary/aromatic N) is 1. The lowest BCUT2D eigenvalue weighted by molar-refractivity contribution is 0.0599. The summed E-state index contributed by atoms with van der Waals surface area (Å²) < 4.78 is 10.7. The van der Waals surface area contributed by atoms with Crippen molar-refractivity contribution in [2.24, 2.45) is 0 Å². The summed E-state index contributed by atoms with van der Waals surface area (Å²) in [7, 11) is 1.30. The number of hydrogen-bond acceptors (Lipinski definition) is 5. The molecule has 0 radical (unpaired) electrons. The molecule has 24 heavy (non-hydrogen) atoms. The normalized spacial score (nSPS) is 11.0. The number of ether oxygens (including phenoxy) is 2. The second-order valence-electron chi connectivity index (χ2n) is 5.53. The molecular weight excluding hydrogens is 306 g/mol. The fourth-order valence-corrected chi connectivity index (χ4v) is 2.77. The first-order valence-corrected chi connectivity index (χ1v) is 8.30. The minimum absolute atomic E-state index is 0.0870. The quantitative estimate of drug-likeness (QED) is 0.593. The molecule has 0 atom stereocenters. The zero-order chi connectivity index (χ0) is 17.5. The van der Waals surface area contributed by atoms with Crippen molar-refractivity contribution in [2.45, 2.75) is 20.3 Å². The number of fused-ring (bicyclic) bond motifs is 1. The average Bonchev–Trinajstić information content (AvgIpc) is 2.80. The number of esters is 1. The van der Waals surface area contributed by atoms with Crippen LogP contribution in [-0.2, 0) is 4.74 Å². The van der Waals surface area contributed by atoms with Gasteiger partial charge in [-0.15, -0.1) is 0 Å². The topological polar surface area (TPSA) is 59.0 Å². The van der Waals surface area contributed by atoms with Crippen LogP contribution in [0.1, 0.15) is 30.6 Å². The number of aromatic hydroxyl groups is 1. The highest BCUT2D eigenvalue weighted by Crippen LogP contribution is 2.41. The van der Waals surface area contributed by atoms with Crippen LogP contribution >= 0.6 is 0 Å². The second-order valence-corrected chi connectivity index (χ2v) is 5.53. The van der Waals surface area contributed by atoms with E-state index in [1.54, 1.807) is 12.1 Å². The van der Waals surface area contributed by atoms with Crippen molar-refractivity contribution >= 4 is 5.97 Å². The molecule has 1 N–H and O–H groups in total. The first-order valence-electron chi connectivity index (χ1n) is 8.30. The van der Waals surface area contributed by atoms with E-state index in [4.69, 9.17) is 9.47 Å². The predicted octanol–water partition coefficient (Wildman–Crippen LogP) is 3.39. The van der Waals surface area contributed by atoms with E-state index >= 15 is 0 Å². The Balaban J connectivity index is 2.15. The van der Waals surface area contributed by atoms with E-state index in [1.165, 1.54) is 7.11 Å². The molecule has 0 aromatic carbocycles. The van der Waals surface area contributed by atoms with Crippen molar-refractivity contribution in [1.82, 2.24) is 4.90 Å². The van der Waals surface area contributed by atoms with Crippen LogP contribution in [0.3, 0.4) is 0 Å². The fourth-order valence-electron chi connectivity index (χ4n) is 2.77. The summed E-state index contributed by atoms with van der Waals surface area (Å²) in [5, 5.41) is 10.1. The van der Waals surface area contributed by atoms with Crippen LogP contribution in [0.15, 0.2) is 30.3 Å². The molecule has 0 aromatic heterocycles. The van der Waals surface area contributed by atoms with Gasteiger partial charge in [-0.3, -0.25) is 0 Å². The first kappa shape index (κ1) is 18.1. The molecule has 0 amide bonds. The third-order valence-corrected chi connectivity index (χ3v) is 4.14. The molecule has 0 heterocycles. The molecular formula is C19H25NO4. The van der Waals surface area contributed by atoms with Crippen molar-refractivity contribution in [3.8, 4) is 22.6 Å². The number of methoxy groups -OCH3 is 1. The van der Waals surface area contributed by atoms with Gasteiger partial charge in [-0.25, -0.2) is 4.79 Å². The lowest BCUT2D eigenvalue weighted by atomic mass is 10.1. The van der Waals surface area contributed by atoms with Crippen LogP contribution in [-0.4, -0.2) is 49.3 Å². The van der Waals surface area contributed by atoms with E-state index in [9.17, 15) is 9.90 Å². The van der Waals surface area contributed by atoms with Crippen LogP contribution < -0.4 is 4.74 Å². The molecule has 0 aromatic rings. The minimum atomic E-state index is -0.554. The summed E-state index contributed by atoms with van der Waals surface area (Å²) in [6.07, 6.45) is 0.915. The lowest BCUT2D eigenvalue weighted by Gasteiger charge is -2.17. The van der Waals surface area contributed by atoms with Gasteiger partial charge < -0.3 is 19.5 Å². The summed E-state index contributed by atoms with van der Waals surface area (Å²) in [4.78, 5) is 14.2. The van der Waals surface area contributed by atoms with E-state index in [1.807, 2.05) is 18.2 Å². The zero-order valence-corrected chi connectivity index (χ0v) is 14.5. The average molecular weight is 331 g/mol. The summed E-state index contributed by atoms with van der Waals surface area (Å²) in [5.74, 6) is 0.0113. The smallest absolute Gasteiger partial charge is 0.342 e. The van der Waals surface area contributed by atoms with Crippen molar-refractivity contribution in [2.75, 3.05) is 33.4 Å². The molecule has 2 aliphatic rings. The molecule has 2 aliphatic carbocycles. The van der Waals surface area contributed by atoms with E-state index in [2.05, 4.69) is 18.7 Å².